The molecule has 2 aromatic heterocycles. The highest BCUT2D eigenvalue weighted by Crippen LogP contribution is 2.36. The molecule has 0 unspecified atom stereocenters. The van der Waals surface area contributed by atoms with E-state index in [9.17, 15) is 9.59 Å². The quantitative estimate of drug-likeness (QED) is 0.545. The maximum atomic E-state index is 13.0. The summed E-state index contributed by atoms with van der Waals surface area (Å²) in [6, 6.07) is 0.432. The standard InChI is InChI=1S/C21H29N3O2S2/c1-4-23-20(26)18-13(2)14(3)28-19(18)22-21(23)27-12-17(25)24-11-7-9-15-8-5-6-10-16(15)24/h15-16H,4-12H2,1-3H3/t15-,16+/m1/s1. The van der Waals surface area contributed by atoms with Gasteiger partial charge in [-0.1, -0.05) is 24.6 Å². The number of fused-ring (bicyclic) bond motifs is 2. The van der Waals surface area contributed by atoms with Crippen LogP contribution in [0.15, 0.2) is 9.95 Å². The minimum absolute atomic E-state index is 0.0228. The Kier molecular flexibility index (Phi) is 5.83. The third-order valence-corrected chi connectivity index (χ3v) is 8.52. The number of aromatic nitrogens is 2. The van der Waals surface area contributed by atoms with Crippen LogP contribution in [-0.2, 0) is 11.3 Å². The summed E-state index contributed by atoms with van der Waals surface area (Å²) in [5.74, 6) is 1.26. The minimum atomic E-state index is 0.0228. The van der Waals surface area contributed by atoms with Gasteiger partial charge in [-0.3, -0.25) is 14.2 Å². The molecule has 0 N–H and O–H groups in total. The van der Waals surface area contributed by atoms with Gasteiger partial charge >= 0.3 is 0 Å². The molecular formula is C21H29N3O2S2. The van der Waals surface area contributed by atoms with Crippen LogP contribution in [-0.4, -0.2) is 38.7 Å². The summed E-state index contributed by atoms with van der Waals surface area (Å²) in [5, 5.41) is 1.41. The SMILES string of the molecule is CCn1c(SCC(=O)N2CCC[C@H]3CCCC[C@@H]32)nc2sc(C)c(C)c2c1=O. The number of thioether (sulfide) groups is 1. The Balaban J connectivity index is 1.55. The van der Waals surface area contributed by atoms with Gasteiger partial charge in [0.25, 0.3) is 5.56 Å². The van der Waals surface area contributed by atoms with Gasteiger partial charge in [-0.2, -0.15) is 0 Å². The molecule has 0 bridgehead atoms. The van der Waals surface area contributed by atoms with Crippen molar-refractivity contribution < 1.29 is 4.79 Å². The number of hydrogen-bond donors (Lipinski definition) is 0. The number of carbonyl (C=O) groups excluding carboxylic acids is 1. The molecule has 0 spiro atoms. The molecule has 28 heavy (non-hydrogen) atoms. The highest BCUT2D eigenvalue weighted by Gasteiger charge is 2.35. The fourth-order valence-electron chi connectivity index (χ4n) is 4.84. The molecule has 1 saturated carbocycles. The van der Waals surface area contributed by atoms with Gasteiger partial charge in [0.1, 0.15) is 4.83 Å². The van der Waals surface area contributed by atoms with Gasteiger partial charge in [0.2, 0.25) is 5.91 Å². The fourth-order valence-corrected chi connectivity index (χ4v) is 6.86. The number of hydrogen-bond acceptors (Lipinski definition) is 5. The highest BCUT2D eigenvalue weighted by atomic mass is 32.2. The Bertz CT molecular complexity index is 947. The molecule has 2 atom stereocenters. The maximum absolute atomic E-state index is 13.0. The monoisotopic (exact) mass is 419 g/mol. The van der Waals surface area contributed by atoms with Crippen LogP contribution in [0.5, 0.6) is 0 Å². The van der Waals surface area contributed by atoms with Crippen molar-refractivity contribution in [2.24, 2.45) is 5.92 Å². The van der Waals surface area contributed by atoms with Gasteiger partial charge < -0.3 is 4.90 Å². The van der Waals surface area contributed by atoms with Gasteiger partial charge in [0, 0.05) is 24.0 Å². The lowest BCUT2D eigenvalue weighted by Gasteiger charge is -2.44. The van der Waals surface area contributed by atoms with Crippen LogP contribution in [0.2, 0.25) is 0 Å². The summed E-state index contributed by atoms with van der Waals surface area (Å²) in [4.78, 5) is 34.8. The van der Waals surface area contributed by atoms with Crippen LogP contribution in [0.1, 0.15) is 55.9 Å². The first kappa shape index (κ1) is 20.0. The molecular weight excluding hydrogens is 390 g/mol. The van der Waals surface area contributed by atoms with Crippen molar-refractivity contribution >= 4 is 39.2 Å². The zero-order chi connectivity index (χ0) is 19.8. The average Bonchev–Trinajstić information content (AvgIpc) is 2.99. The van der Waals surface area contributed by atoms with Gasteiger partial charge in [0.15, 0.2) is 5.16 Å². The summed E-state index contributed by atoms with van der Waals surface area (Å²) in [6.45, 7) is 7.44. The van der Waals surface area contributed by atoms with Crippen molar-refractivity contribution in [3.8, 4) is 0 Å². The first-order valence-corrected chi connectivity index (χ1v) is 12.2. The lowest BCUT2D eigenvalue weighted by Crippen LogP contribution is -2.50. The Morgan fingerprint density at radius 2 is 1.96 bits per heavy atom. The number of carbonyl (C=O) groups is 1. The predicted octanol–water partition coefficient (Wildman–Crippen LogP) is 4.37. The Morgan fingerprint density at radius 3 is 2.75 bits per heavy atom. The summed E-state index contributed by atoms with van der Waals surface area (Å²) in [7, 11) is 0. The Labute approximate surface area is 174 Å². The largest absolute Gasteiger partial charge is 0.339 e. The Morgan fingerprint density at radius 1 is 1.21 bits per heavy atom. The lowest BCUT2D eigenvalue weighted by molar-refractivity contribution is -0.134. The summed E-state index contributed by atoms with van der Waals surface area (Å²) in [6.07, 6.45) is 7.36. The zero-order valence-electron chi connectivity index (χ0n) is 17.0. The van der Waals surface area contributed by atoms with E-state index in [1.165, 1.54) is 37.4 Å². The first-order valence-electron chi connectivity index (χ1n) is 10.4. The third-order valence-electron chi connectivity index (χ3n) is 6.46. The highest BCUT2D eigenvalue weighted by molar-refractivity contribution is 7.99. The molecule has 4 rings (SSSR count). The number of piperidine rings is 1. The van der Waals surface area contributed by atoms with Crippen molar-refractivity contribution in [1.82, 2.24) is 14.5 Å². The van der Waals surface area contributed by atoms with E-state index in [-0.39, 0.29) is 11.5 Å². The molecule has 7 heteroatoms. The predicted molar refractivity (Wildman–Crippen MR) is 116 cm³/mol. The third kappa shape index (κ3) is 3.52. The van der Waals surface area contributed by atoms with Crippen LogP contribution in [0, 0.1) is 19.8 Å². The molecule has 0 aromatic carbocycles. The minimum Gasteiger partial charge on any atom is -0.339 e. The van der Waals surface area contributed by atoms with E-state index >= 15 is 0 Å². The van der Waals surface area contributed by atoms with E-state index < -0.39 is 0 Å². The normalized spacial score (nSPS) is 22.5. The molecule has 1 amide bonds. The van der Waals surface area contributed by atoms with Crippen molar-refractivity contribution in [3.05, 3.63) is 20.8 Å². The van der Waals surface area contributed by atoms with Crippen LogP contribution in [0.25, 0.3) is 10.2 Å². The lowest BCUT2D eigenvalue weighted by atomic mass is 9.78. The van der Waals surface area contributed by atoms with E-state index in [0.717, 1.165) is 40.0 Å². The summed E-state index contributed by atoms with van der Waals surface area (Å²) in [5.41, 5.74) is 1.05. The maximum Gasteiger partial charge on any atom is 0.263 e. The molecule has 2 aliphatic rings. The van der Waals surface area contributed by atoms with Gasteiger partial charge in [-0.25, -0.2) is 4.98 Å². The molecule has 2 aromatic rings. The second-order valence-electron chi connectivity index (χ2n) is 8.04. The number of nitrogens with zero attached hydrogens (tertiary/aromatic N) is 3. The molecule has 152 valence electrons. The van der Waals surface area contributed by atoms with E-state index in [2.05, 4.69) is 4.90 Å². The van der Waals surface area contributed by atoms with Gasteiger partial charge in [0.05, 0.1) is 11.1 Å². The first-order chi connectivity index (χ1) is 13.5. The molecule has 2 fully saturated rings. The number of likely N-dealkylation sites (tertiary alicyclic amines) is 1. The topological polar surface area (TPSA) is 55.2 Å². The van der Waals surface area contributed by atoms with Gasteiger partial charge in [-0.05, 0) is 57.9 Å². The summed E-state index contributed by atoms with van der Waals surface area (Å²) < 4.78 is 1.72. The molecule has 3 heterocycles. The molecule has 1 aliphatic heterocycles. The molecule has 5 nitrogen and oxygen atoms in total. The zero-order valence-corrected chi connectivity index (χ0v) is 18.6. The molecule has 0 radical (unpaired) electrons. The summed E-state index contributed by atoms with van der Waals surface area (Å²) >= 11 is 2.99. The number of thiophene rings is 1. The Hall–Kier alpha value is -1.34. The van der Waals surface area contributed by atoms with Crippen molar-refractivity contribution in [3.63, 3.8) is 0 Å². The van der Waals surface area contributed by atoms with E-state index in [4.69, 9.17) is 4.98 Å². The second kappa shape index (κ2) is 8.19. The van der Waals surface area contributed by atoms with Crippen LogP contribution >= 0.6 is 23.1 Å². The van der Waals surface area contributed by atoms with Crippen LogP contribution in [0.4, 0.5) is 0 Å². The van der Waals surface area contributed by atoms with Crippen molar-refractivity contribution in [1.29, 1.82) is 0 Å². The average molecular weight is 420 g/mol. The van der Waals surface area contributed by atoms with Crippen molar-refractivity contribution in [2.75, 3.05) is 12.3 Å². The van der Waals surface area contributed by atoms with E-state index in [1.807, 2.05) is 20.8 Å². The second-order valence-corrected chi connectivity index (χ2v) is 10.2. The van der Waals surface area contributed by atoms with E-state index in [0.29, 0.717) is 29.4 Å². The van der Waals surface area contributed by atoms with Crippen LogP contribution < -0.4 is 5.56 Å². The van der Waals surface area contributed by atoms with Gasteiger partial charge in [-0.15, -0.1) is 11.3 Å². The molecule has 1 saturated heterocycles. The fraction of sp³-hybridized carbons (Fsp3) is 0.667. The van der Waals surface area contributed by atoms with Crippen molar-refractivity contribution in [2.45, 2.75) is 77.0 Å². The number of amides is 1. The van der Waals surface area contributed by atoms with E-state index in [1.54, 1.807) is 15.9 Å². The smallest absolute Gasteiger partial charge is 0.263 e. The van der Waals surface area contributed by atoms with Crippen LogP contribution in [0.3, 0.4) is 0 Å². The number of aryl methyl sites for hydroxylation is 2. The molecule has 1 aliphatic carbocycles. The number of rotatable bonds is 4.